The van der Waals surface area contributed by atoms with Crippen molar-refractivity contribution < 1.29 is 0 Å². The van der Waals surface area contributed by atoms with E-state index in [0.717, 1.165) is 24.5 Å². The molecular formula is C43H32. The fraction of sp³-hybridized carbons (Fsp3) is 0.116. The summed E-state index contributed by atoms with van der Waals surface area (Å²) in [7, 11) is 0. The standard InChI is InChI=1S/C43H32/c1-4-27-9-5-6-10-28(27)20-32-19-25(2)42-31-13-14-36-39-24-33(21-31)35(38-18-15-34(32)26(3)43(38)42)16-17-37(39)41-23-30-12-8-7-11-29(30)22-40(36)41/h4-18,20,22-23,25H,1,3,19,21,24H2,2H3/b31-13+,32-20+,36-14+. The van der Waals surface area contributed by atoms with Gasteiger partial charge in [0.1, 0.15) is 0 Å². The zero-order valence-corrected chi connectivity index (χ0v) is 24.5. The van der Waals surface area contributed by atoms with Crippen LogP contribution in [0.2, 0.25) is 0 Å². The van der Waals surface area contributed by atoms with Gasteiger partial charge in [0.15, 0.2) is 0 Å². The van der Waals surface area contributed by atoms with Crippen molar-refractivity contribution in [3.63, 3.8) is 0 Å². The van der Waals surface area contributed by atoms with Crippen LogP contribution in [-0.4, -0.2) is 0 Å². The Morgan fingerprint density at radius 1 is 0.744 bits per heavy atom. The number of rotatable bonds is 2. The van der Waals surface area contributed by atoms with E-state index in [2.05, 4.69) is 117 Å². The van der Waals surface area contributed by atoms with Crippen LogP contribution in [0.25, 0.3) is 57.4 Å². The number of benzene rings is 4. The lowest BCUT2D eigenvalue weighted by atomic mass is 9.83. The molecule has 4 aromatic carbocycles. The van der Waals surface area contributed by atoms with Crippen LogP contribution >= 0.6 is 0 Å². The predicted molar refractivity (Wildman–Crippen MR) is 185 cm³/mol. The molecule has 4 aromatic rings. The quantitative estimate of drug-likeness (QED) is 0.234. The van der Waals surface area contributed by atoms with Crippen molar-refractivity contribution in [2.45, 2.75) is 26.2 Å². The molecule has 0 spiro atoms. The van der Waals surface area contributed by atoms with Crippen LogP contribution in [0.5, 0.6) is 0 Å². The number of hydrogen-bond acceptors (Lipinski definition) is 0. The summed E-state index contributed by atoms with van der Waals surface area (Å²) in [6.45, 7) is 11.3. The van der Waals surface area contributed by atoms with Crippen molar-refractivity contribution in [1.82, 2.24) is 0 Å². The Morgan fingerprint density at radius 2 is 1.47 bits per heavy atom. The van der Waals surface area contributed by atoms with Gasteiger partial charge in [-0.3, -0.25) is 0 Å². The summed E-state index contributed by atoms with van der Waals surface area (Å²) in [6.07, 6.45) is 17.0. The lowest BCUT2D eigenvalue weighted by Crippen LogP contribution is -2.32. The Labute approximate surface area is 253 Å². The van der Waals surface area contributed by atoms with Gasteiger partial charge in [-0.05, 0) is 131 Å². The molecule has 0 saturated carbocycles. The highest BCUT2D eigenvalue weighted by Crippen LogP contribution is 2.51. The molecule has 9 rings (SSSR count). The maximum atomic E-state index is 4.80. The molecule has 5 aliphatic carbocycles. The van der Waals surface area contributed by atoms with Gasteiger partial charge >= 0.3 is 0 Å². The van der Waals surface area contributed by atoms with Crippen LogP contribution < -0.4 is 10.4 Å². The molecule has 0 N–H and O–H groups in total. The molecule has 0 aromatic heterocycles. The predicted octanol–water partition coefficient (Wildman–Crippen LogP) is 9.53. The van der Waals surface area contributed by atoms with Crippen LogP contribution in [0, 0.1) is 5.92 Å². The minimum Gasteiger partial charge on any atom is -0.0984 e. The molecule has 0 heterocycles. The third-order valence-electron chi connectivity index (χ3n) is 10.3. The Balaban J connectivity index is 1.30. The number of allylic oxidation sites excluding steroid dienone is 11. The summed E-state index contributed by atoms with van der Waals surface area (Å²) in [5.41, 5.74) is 19.2. The largest absolute Gasteiger partial charge is 0.0984 e. The lowest BCUT2D eigenvalue weighted by molar-refractivity contribution is 0.771. The topological polar surface area (TPSA) is 0 Å². The monoisotopic (exact) mass is 548 g/mol. The summed E-state index contributed by atoms with van der Waals surface area (Å²) < 4.78 is 0. The zero-order valence-electron chi connectivity index (χ0n) is 24.5. The SMILES string of the molecule is C=Cc1ccccc1/C=C1\CC(C)C2=c3c(ccc1c3=C)C1=C3CC4=C(C=C1)c1cc5ccccc5cc1/C4=C/C=C/2C3. The molecule has 5 aliphatic rings. The fourth-order valence-electron chi connectivity index (χ4n) is 8.31. The summed E-state index contributed by atoms with van der Waals surface area (Å²) in [6, 6.07) is 26.8. The molecule has 0 fully saturated rings. The van der Waals surface area contributed by atoms with E-state index < -0.39 is 0 Å². The van der Waals surface area contributed by atoms with E-state index in [1.54, 1.807) is 0 Å². The summed E-state index contributed by atoms with van der Waals surface area (Å²) in [5.74, 6) is 0.364. The second kappa shape index (κ2) is 9.03. The molecule has 204 valence electrons. The first-order chi connectivity index (χ1) is 21.1. The van der Waals surface area contributed by atoms with Crippen LogP contribution in [0.15, 0.2) is 120 Å². The highest BCUT2D eigenvalue weighted by Gasteiger charge is 2.33. The first-order valence-electron chi connectivity index (χ1n) is 15.5. The molecule has 0 amide bonds. The molecule has 5 bridgehead atoms. The highest BCUT2D eigenvalue weighted by molar-refractivity contribution is 6.09. The lowest BCUT2D eigenvalue weighted by Gasteiger charge is -2.21. The molecular weight excluding hydrogens is 516 g/mol. The number of fused-ring (bicyclic) bond motifs is 8. The van der Waals surface area contributed by atoms with Crippen molar-refractivity contribution in [2.24, 2.45) is 5.92 Å². The second-order valence-electron chi connectivity index (χ2n) is 12.6. The minimum atomic E-state index is 0.364. The maximum absolute atomic E-state index is 4.80. The van der Waals surface area contributed by atoms with Crippen molar-refractivity contribution in [3.05, 3.63) is 164 Å². The molecule has 0 radical (unpaired) electrons. The molecule has 1 unspecified atom stereocenters. The van der Waals surface area contributed by atoms with Gasteiger partial charge in [0, 0.05) is 0 Å². The first-order valence-corrected chi connectivity index (χ1v) is 15.5. The molecule has 0 aliphatic heterocycles. The fourth-order valence-corrected chi connectivity index (χ4v) is 8.31. The van der Waals surface area contributed by atoms with Gasteiger partial charge in [0.25, 0.3) is 0 Å². The van der Waals surface area contributed by atoms with Crippen molar-refractivity contribution in [2.75, 3.05) is 0 Å². The van der Waals surface area contributed by atoms with Gasteiger partial charge < -0.3 is 0 Å². The average Bonchev–Trinajstić information content (AvgIpc) is 3.11. The van der Waals surface area contributed by atoms with E-state index in [0.29, 0.717) is 5.92 Å². The molecule has 1 atom stereocenters. The van der Waals surface area contributed by atoms with E-state index in [1.807, 2.05) is 6.08 Å². The third-order valence-corrected chi connectivity index (χ3v) is 10.3. The summed E-state index contributed by atoms with van der Waals surface area (Å²) in [4.78, 5) is 0. The van der Waals surface area contributed by atoms with Gasteiger partial charge in [0.05, 0.1) is 0 Å². The van der Waals surface area contributed by atoms with Crippen LogP contribution in [0.4, 0.5) is 0 Å². The second-order valence-corrected chi connectivity index (χ2v) is 12.6. The first kappa shape index (κ1) is 24.6. The van der Waals surface area contributed by atoms with Crippen LogP contribution in [0.1, 0.15) is 59.6 Å². The maximum Gasteiger partial charge on any atom is -0.00422 e. The van der Waals surface area contributed by atoms with Crippen LogP contribution in [0.3, 0.4) is 0 Å². The van der Waals surface area contributed by atoms with Gasteiger partial charge in [-0.15, -0.1) is 0 Å². The van der Waals surface area contributed by atoms with Gasteiger partial charge in [0.2, 0.25) is 0 Å². The normalized spacial score (nSPS) is 22.8. The van der Waals surface area contributed by atoms with Gasteiger partial charge in [-0.2, -0.15) is 0 Å². The van der Waals surface area contributed by atoms with E-state index in [-0.39, 0.29) is 0 Å². The van der Waals surface area contributed by atoms with E-state index >= 15 is 0 Å². The molecule has 0 saturated heterocycles. The minimum absolute atomic E-state index is 0.364. The van der Waals surface area contributed by atoms with E-state index in [9.17, 15) is 0 Å². The van der Waals surface area contributed by atoms with E-state index in [1.165, 1.54) is 94.0 Å². The van der Waals surface area contributed by atoms with Gasteiger partial charge in [-0.25, -0.2) is 0 Å². The molecule has 0 heteroatoms. The molecule has 43 heavy (non-hydrogen) atoms. The van der Waals surface area contributed by atoms with Crippen molar-refractivity contribution >= 4 is 57.4 Å². The smallest absolute Gasteiger partial charge is 0.00422 e. The van der Waals surface area contributed by atoms with Gasteiger partial charge in [-0.1, -0.05) is 123 Å². The number of hydrogen-bond donors (Lipinski definition) is 0. The van der Waals surface area contributed by atoms with E-state index in [4.69, 9.17) is 6.58 Å². The summed E-state index contributed by atoms with van der Waals surface area (Å²) in [5, 5.41) is 5.14. The van der Waals surface area contributed by atoms with Crippen LogP contribution in [-0.2, 0) is 0 Å². The Hall–Kier alpha value is -4.94. The highest BCUT2D eigenvalue weighted by atomic mass is 14.4. The Morgan fingerprint density at radius 3 is 2.28 bits per heavy atom. The molecule has 0 nitrogen and oxygen atoms in total. The average molecular weight is 549 g/mol. The van der Waals surface area contributed by atoms with Crippen molar-refractivity contribution in [1.29, 1.82) is 0 Å². The summed E-state index contributed by atoms with van der Waals surface area (Å²) >= 11 is 0. The Bertz CT molecular complexity index is 2290. The zero-order chi connectivity index (χ0) is 28.8. The van der Waals surface area contributed by atoms with Crippen molar-refractivity contribution in [3.8, 4) is 0 Å². The Kier molecular flexibility index (Phi) is 5.17. The third kappa shape index (κ3) is 3.50.